The summed E-state index contributed by atoms with van der Waals surface area (Å²) in [7, 11) is -1.69. The molecule has 6 nitrogen and oxygen atoms in total. The highest BCUT2D eigenvalue weighted by molar-refractivity contribution is 7.90. The van der Waals surface area contributed by atoms with Gasteiger partial charge in [0.1, 0.15) is 9.84 Å². The number of anilines is 1. The highest BCUT2D eigenvalue weighted by Gasteiger charge is 2.37. The van der Waals surface area contributed by atoms with Crippen LogP contribution in [-0.4, -0.2) is 50.6 Å². The van der Waals surface area contributed by atoms with Crippen LogP contribution in [0.1, 0.15) is 19.8 Å². The van der Waals surface area contributed by atoms with E-state index >= 15 is 0 Å². The van der Waals surface area contributed by atoms with E-state index in [0.717, 1.165) is 12.8 Å². The molecule has 0 aliphatic heterocycles. The Morgan fingerprint density at radius 3 is 2.65 bits per heavy atom. The van der Waals surface area contributed by atoms with Crippen LogP contribution in [0.25, 0.3) is 0 Å². The number of para-hydroxylation sites is 1. The molecule has 0 aromatic heterocycles. The Labute approximate surface area is 141 Å². The Balaban J connectivity index is 2.18. The van der Waals surface area contributed by atoms with Crippen LogP contribution in [0.2, 0.25) is 5.02 Å². The minimum atomic E-state index is -3.17. The van der Waals surface area contributed by atoms with Crippen molar-refractivity contribution in [3.05, 3.63) is 23.2 Å². The Kier molecular flexibility index (Phi) is 5.41. The van der Waals surface area contributed by atoms with Gasteiger partial charge in [-0.3, -0.25) is 0 Å². The number of nitrogens with zero attached hydrogens (tertiary/aromatic N) is 1. The first-order chi connectivity index (χ1) is 10.7. The van der Waals surface area contributed by atoms with Crippen LogP contribution >= 0.6 is 11.6 Å². The number of sulfone groups is 1. The van der Waals surface area contributed by atoms with Crippen molar-refractivity contribution in [1.29, 1.82) is 0 Å². The van der Waals surface area contributed by atoms with Gasteiger partial charge in [-0.25, -0.2) is 13.2 Å². The van der Waals surface area contributed by atoms with E-state index in [9.17, 15) is 13.2 Å². The van der Waals surface area contributed by atoms with Crippen LogP contribution in [0.5, 0.6) is 5.75 Å². The number of benzene rings is 1. The summed E-state index contributed by atoms with van der Waals surface area (Å²) in [6, 6.07) is 4.40. The van der Waals surface area contributed by atoms with Gasteiger partial charge < -0.3 is 15.0 Å². The zero-order valence-corrected chi connectivity index (χ0v) is 14.9. The number of amides is 2. The Morgan fingerprint density at radius 1 is 1.48 bits per heavy atom. The summed E-state index contributed by atoms with van der Waals surface area (Å²) in [5.41, 5.74) is 0.460. The van der Waals surface area contributed by atoms with Gasteiger partial charge in [0.2, 0.25) is 0 Å². The van der Waals surface area contributed by atoms with Gasteiger partial charge >= 0.3 is 6.03 Å². The lowest BCUT2D eigenvalue weighted by molar-refractivity contribution is 0.194. The number of ether oxygens (including phenoxy) is 1. The van der Waals surface area contributed by atoms with E-state index in [1.165, 1.54) is 13.4 Å². The van der Waals surface area contributed by atoms with E-state index in [4.69, 9.17) is 16.3 Å². The SMILES string of the molecule is COc1c(Cl)cccc1NC(=O)N(C1CC1)[C@@H](C)CS(C)(=O)=O. The predicted octanol–water partition coefficient (Wildman–Crippen LogP) is 2.78. The van der Waals surface area contributed by atoms with Gasteiger partial charge in [0, 0.05) is 18.3 Å². The molecule has 1 fully saturated rings. The smallest absolute Gasteiger partial charge is 0.322 e. The molecule has 1 aromatic carbocycles. The maximum absolute atomic E-state index is 12.6. The van der Waals surface area contributed by atoms with Crippen molar-refractivity contribution in [3.63, 3.8) is 0 Å². The van der Waals surface area contributed by atoms with E-state index in [1.54, 1.807) is 30.0 Å². The number of halogens is 1. The first-order valence-corrected chi connectivity index (χ1v) is 9.76. The summed E-state index contributed by atoms with van der Waals surface area (Å²) in [6.07, 6.45) is 2.94. The average Bonchev–Trinajstić information content (AvgIpc) is 3.21. The van der Waals surface area contributed by atoms with Gasteiger partial charge in [0.25, 0.3) is 0 Å². The van der Waals surface area contributed by atoms with Gasteiger partial charge in [0.15, 0.2) is 5.75 Å². The molecule has 128 valence electrons. The molecule has 8 heteroatoms. The standard InChI is InChI=1S/C15H21ClN2O4S/c1-10(9-23(3,20)21)18(11-7-8-11)15(19)17-13-6-4-5-12(16)14(13)22-2/h4-6,10-11H,7-9H2,1-3H3,(H,17,19)/t10-/m0/s1. The highest BCUT2D eigenvalue weighted by atomic mass is 35.5. The Bertz CT molecular complexity index is 689. The fraction of sp³-hybridized carbons (Fsp3) is 0.533. The molecule has 2 amide bonds. The minimum Gasteiger partial charge on any atom is -0.493 e. The Hall–Kier alpha value is -1.47. The molecule has 1 aliphatic rings. The van der Waals surface area contributed by atoms with Gasteiger partial charge in [-0.2, -0.15) is 0 Å². The fourth-order valence-electron chi connectivity index (χ4n) is 2.59. The molecule has 1 aliphatic carbocycles. The van der Waals surface area contributed by atoms with E-state index in [-0.39, 0.29) is 17.8 Å². The molecule has 1 aromatic rings. The molecule has 0 spiro atoms. The zero-order chi connectivity index (χ0) is 17.2. The summed E-state index contributed by atoms with van der Waals surface area (Å²) in [5.74, 6) is 0.317. The van der Waals surface area contributed by atoms with E-state index < -0.39 is 15.9 Å². The van der Waals surface area contributed by atoms with Crippen LogP contribution in [0.15, 0.2) is 18.2 Å². The maximum atomic E-state index is 12.6. The first-order valence-electron chi connectivity index (χ1n) is 7.32. The quantitative estimate of drug-likeness (QED) is 0.846. The minimum absolute atomic E-state index is 0.0659. The molecule has 1 atom stereocenters. The van der Waals surface area contributed by atoms with Crippen LogP contribution in [0.3, 0.4) is 0 Å². The lowest BCUT2D eigenvalue weighted by Crippen LogP contribution is -2.46. The van der Waals surface area contributed by atoms with Crippen LogP contribution in [0, 0.1) is 0 Å². The largest absolute Gasteiger partial charge is 0.493 e. The van der Waals surface area contributed by atoms with Crippen molar-refractivity contribution in [2.75, 3.05) is 24.4 Å². The monoisotopic (exact) mass is 360 g/mol. The number of nitrogens with one attached hydrogen (secondary N) is 1. The van der Waals surface area contributed by atoms with E-state index in [0.29, 0.717) is 16.5 Å². The second kappa shape index (κ2) is 6.97. The van der Waals surface area contributed by atoms with Crippen LogP contribution < -0.4 is 10.1 Å². The molecular formula is C15H21ClN2O4S. The van der Waals surface area contributed by atoms with Crippen molar-refractivity contribution >= 4 is 33.2 Å². The highest BCUT2D eigenvalue weighted by Crippen LogP contribution is 2.34. The van der Waals surface area contributed by atoms with Crippen LogP contribution in [-0.2, 0) is 9.84 Å². The summed E-state index contributed by atoms with van der Waals surface area (Å²) in [6.45, 7) is 1.74. The number of carbonyl (C=O) groups is 1. The predicted molar refractivity (Wildman–Crippen MR) is 91.1 cm³/mol. The third kappa shape index (κ3) is 4.75. The zero-order valence-electron chi connectivity index (χ0n) is 13.4. The lowest BCUT2D eigenvalue weighted by Gasteiger charge is -2.29. The molecule has 0 heterocycles. The molecule has 1 saturated carbocycles. The lowest BCUT2D eigenvalue weighted by atomic mass is 10.3. The molecule has 0 bridgehead atoms. The number of methoxy groups -OCH3 is 1. The third-order valence-corrected chi connectivity index (χ3v) is 4.99. The van der Waals surface area contributed by atoms with E-state index in [1.807, 2.05) is 0 Å². The molecule has 0 saturated heterocycles. The second-order valence-electron chi connectivity index (χ2n) is 5.83. The fourth-order valence-corrected chi connectivity index (χ4v) is 3.88. The summed E-state index contributed by atoms with van der Waals surface area (Å²) >= 11 is 6.05. The van der Waals surface area contributed by atoms with Gasteiger partial charge in [-0.05, 0) is 31.9 Å². The normalized spacial score (nSPS) is 15.8. The van der Waals surface area contributed by atoms with Gasteiger partial charge in [-0.1, -0.05) is 17.7 Å². The van der Waals surface area contributed by atoms with Crippen molar-refractivity contribution in [2.24, 2.45) is 0 Å². The average molecular weight is 361 g/mol. The molecule has 23 heavy (non-hydrogen) atoms. The van der Waals surface area contributed by atoms with Crippen molar-refractivity contribution in [2.45, 2.75) is 31.8 Å². The Morgan fingerprint density at radius 2 is 2.13 bits per heavy atom. The molecular weight excluding hydrogens is 340 g/mol. The number of hydrogen-bond acceptors (Lipinski definition) is 4. The molecule has 0 unspecified atom stereocenters. The maximum Gasteiger partial charge on any atom is 0.322 e. The summed E-state index contributed by atoms with van der Waals surface area (Å²) in [4.78, 5) is 14.2. The van der Waals surface area contributed by atoms with Gasteiger partial charge in [-0.15, -0.1) is 0 Å². The van der Waals surface area contributed by atoms with Crippen LogP contribution in [0.4, 0.5) is 10.5 Å². The molecule has 0 radical (unpaired) electrons. The second-order valence-corrected chi connectivity index (χ2v) is 8.42. The first kappa shape index (κ1) is 17.9. The van der Waals surface area contributed by atoms with Gasteiger partial charge in [0.05, 0.1) is 23.6 Å². The topological polar surface area (TPSA) is 75.7 Å². The third-order valence-electron chi connectivity index (χ3n) is 3.61. The molecule has 1 N–H and O–H groups in total. The summed E-state index contributed by atoms with van der Waals surface area (Å²) < 4.78 is 28.3. The van der Waals surface area contributed by atoms with E-state index in [2.05, 4.69) is 5.32 Å². The van der Waals surface area contributed by atoms with Crippen molar-refractivity contribution in [1.82, 2.24) is 4.90 Å². The summed E-state index contributed by atoms with van der Waals surface area (Å²) in [5, 5.41) is 3.17. The number of urea groups is 1. The number of carbonyl (C=O) groups excluding carboxylic acids is 1. The van der Waals surface area contributed by atoms with Crippen molar-refractivity contribution in [3.8, 4) is 5.75 Å². The molecule has 2 rings (SSSR count). The number of hydrogen-bond donors (Lipinski definition) is 1. The van der Waals surface area contributed by atoms with Crippen molar-refractivity contribution < 1.29 is 17.9 Å². The number of rotatable bonds is 6.